The maximum Gasteiger partial charge on any atom is 0.336 e. The summed E-state index contributed by atoms with van der Waals surface area (Å²) < 4.78 is 1.70. The predicted molar refractivity (Wildman–Crippen MR) is 90.9 cm³/mol. The molecule has 0 spiro atoms. The lowest BCUT2D eigenvalue weighted by molar-refractivity contribution is -0.135. The van der Waals surface area contributed by atoms with Crippen molar-refractivity contribution in [2.24, 2.45) is 7.05 Å². The first-order valence-corrected chi connectivity index (χ1v) is 8.31. The van der Waals surface area contributed by atoms with Crippen LogP contribution in [0.4, 0.5) is 0 Å². The Bertz CT molecular complexity index is 803. The van der Waals surface area contributed by atoms with Crippen molar-refractivity contribution < 1.29 is 14.7 Å². The van der Waals surface area contributed by atoms with Crippen molar-refractivity contribution in [2.75, 3.05) is 7.05 Å². The van der Waals surface area contributed by atoms with Gasteiger partial charge in [-0.05, 0) is 25.0 Å². The molecule has 6 nitrogen and oxygen atoms in total. The van der Waals surface area contributed by atoms with Crippen LogP contribution in [-0.2, 0) is 17.4 Å². The molecule has 6 heteroatoms. The smallest absolute Gasteiger partial charge is 0.336 e. The second-order valence-electron chi connectivity index (χ2n) is 6.70. The molecule has 1 amide bonds. The van der Waals surface area contributed by atoms with E-state index < -0.39 is 11.5 Å². The third kappa shape index (κ3) is 2.46. The number of hydrogen-bond donors (Lipinski definition) is 1. The van der Waals surface area contributed by atoms with Gasteiger partial charge in [0.05, 0.1) is 16.6 Å². The van der Waals surface area contributed by atoms with Gasteiger partial charge in [0.15, 0.2) is 0 Å². The highest BCUT2D eigenvalue weighted by Gasteiger charge is 2.43. The molecule has 3 rings (SSSR count). The van der Waals surface area contributed by atoms with Gasteiger partial charge < -0.3 is 10.0 Å². The van der Waals surface area contributed by atoms with Crippen LogP contribution < -0.4 is 0 Å². The Morgan fingerprint density at radius 3 is 2.50 bits per heavy atom. The molecule has 0 bridgehead atoms. The summed E-state index contributed by atoms with van der Waals surface area (Å²) in [6.07, 6.45) is 6.48. The number of aromatic nitrogens is 2. The minimum atomic E-state index is -0.961. The molecule has 1 heterocycles. The van der Waals surface area contributed by atoms with Gasteiger partial charge in [-0.2, -0.15) is 5.10 Å². The molecule has 1 aromatic carbocycles. The largest absolute Gasteiger partial charge is 0.478 e. The van der Waals surface area contributed by atoms with E-state index in [0.29, 0.717) is 0 Å². The van der Waals surface area contributed by atoms with Crippen molar-refractivity contribution >= 4 is 22.8 Å². The van der Waals surface area contributed by atoms with Crippen LogP contribution in [0.1, 0.15) is 54.9 Å². The summed E-state index contributed by atoms with van der Waals surface area (Å²) in [7, 11) is 3.61. The Hall–Kier alpha value is -2.37. The van der Waals surface area contributed by atoms with Crippen molar-refractivity contribution in [1.82, 2.24) is 14.7 Å². The van der Waals surface area contributed by atoms with Crippen LogP contribution in [0.15, 0.2) is 18.3 Å². The number of aromatic carboxylic acids is 1. The quantitative estimate of drug-likeness (QED) is 0.939. The van der Waals surface area contributed by atoms with E-state index in [1.165, 1.54) is 0 Å². The van der Waals surface area contributed by atoms with E-state index in [4.69, 9.17) is 0 Å². The van der Waals surface area contributed by atoms with Gasteiger partial charge in [-0.25, -0.2) is 4.79 Å². The van der Waals surface area contributed by atoms with E-state index in [0.717, 1.165) is 48.6 Å². The number of carbonyl (C=O) groups is 2. The molecule has 24 heavy (non-hydrogen) atoms. The molecular weight excluding hydrogens is 306 g/mol. The zero-order valence-corrected chi connectivity index (χ0v) is 14.4. The number of rotatable bonds is 3. The number of benzene rings is 1. The van der Waals surface area contributed by atoms with Crippen LogP contribution in [0.25, 0.3) is 10.9 Å². The van der Waals surface area contributed by atoms with Gasteiger partial charge in [-0.3, -0.25) is 9.48 Å². The third-order valence-corrected chi connectivity index (χ3v) is 5.29. The van der Waals surface area contributed by atoms with E-state index in [2.05, 4.69) is 5.10 Å². The summed E-state index contributed by atoms with van der Waals surface area (Å²) >= 11 is 0. The molecule has 1 aromatic heterocycles. The average Bonchev–Trinajstić information content (AvgIpc) is 2.93. The van der Waals surface area contributed by atoms with Crippen molar-refractivity contribution in [3.05, 3.63) is 29.5 Å². The number of carbonyl (C=O) groups excluding carboxylic acids is 1. The maximum absolute atomic E-state index is 12.2. The lowest BCUT2D eigenvalue weighted by Crippen LogP contribution is -2.48. The molecule has 0 radical (unpaired) electrons. The molecule has 1 aliphatic carbocycles. The lowest BCUT2D eigenvalue weighted by atomic mass is 9.72. The molecule has 1 N–H and O–H groups in total. The van der Waals surface area contributed by atoms with E-state index in [-0.39, 0.29) is 11.5 Å². The van der Waals surface area contributed by atoms with Crippen molar-refractivity contribution in [1.29, 1.82) is 0 Å². The summed E-state index contributed by atoms with van der Waals surface area (Å²) in [5.74, 6) is -1.01. The highest BCUT2D eigenvalue weighted by atomic mass is 16.4. The van der Waals surface area contributed by atoms with Gasteiger partial charge in [0.1, 0.15) is 0 Å². The highest BCUT2D eigenvalue weighted by molar-refractivity contribution is 5.98. The van der Waals surface area contributed by atoms with Crippen LogP contribution in [0.3, 0.4) is 0 Å². The van der Waals surface area contributed by atoms with E-state index in [9.17, 15) is 14.7 Å². The molecule has 0 saturated heterocycles. The van der Waals surface area contributed by atoms with Crippen LogP contribution >= 0.6 is 0 Å². The molecular formula is C18H23N3O3. The fourth-order valence-electron chi connectivity index (χ4n) is 4.08. The molecule has 0 aliphatic heterocycles. The maximum atomic E-state index is 12.2. The minimum Gasteiger partial charge on any atom is -0.478 e. The molecule has 1 fully saturated rings. The van der Waals surface area contributed by atoms with Gasteiger partial charge in [0.2, 0.25) is 5.91 Å². The van der Waals surface area contributed by atoms with Crippen molar-refractivity contribution in [2.45, 2.75) is 44.6 Å². The topological polar surface area (TPSA) is 75.4 Å². The first kappa shape index (κ1) is 16.5. The van der Waals surface area contributed by atoms with E-state index >= 15 is 0 Å². The summed E-state index contributed by atoms with van der Waals surface area (Å²) in [5, 5.41) is 15.0. The van der Waals surface area contributed by atoms with E-state index in [1.54, 1.807) is 35.7 Å². The Morgan fingerprint density at radius 1 is 1.25 bits per heavy atom. The molecule has 0 atom stereocenters. The molecule has 128 valence electrons. The number of aryl methyl sites for hydroxylation is 1. The van der Waals surface area contributed by atoms with Crippen LogP contribution in [0.2, 0.25) is 0 Å². The minimum absolute atomic E-state index is 0.0471. The molecule has 2 aromatic rings. The SMILES string of the molecule is CC(=O)N(C)C1(c2c(C(=O)O)ccc3nn(C)cc23)CCCCC1. The third-order valence-electron chi connectivity index (χ3n) is 5.29. The summed E-state index contributed by atoms with van der Waals surface area (Å²) in [4.78, 5) is 25.9. The Labute approximate surface area is 141 Å². The molecule has 1 saturated carbocycles. The van der Waals surface area contributed by atoms with Crippen molar-refractivity contribution in [3.8, 4) is 0 Å². The number of fused-ring (bicyclic) bond motifs is 1. The molecule has 0 unspecified atom stereocenters. The summed E-state index contributed by atoms with van der Waals surface area (Å²) in [6, 6.07) is 3.36. The number of carboxylic acids is 1. The zero-order valence-electron chi connectivity index (χ0n) is 14.4. The fraction of sp³-hybridized carbons (Fsp3) is 0.500. The molecule has 1 aliphatic rings. The predicted octanol–water partition coefficient (Wildman–Crippen LogP) is 2.91. The first-order chi connectivity index (χ1) is 11.4. The van der Waals surface area contributed by atoms with Gasteiger partial charge in [-0.1, -0.05) is 19.3 Å². The summed E-state index contributed by atoms with van der Waals surface area (Å²) in [5.41, 5.74) is 1.18. The Morgan fingerprint density at radius 2 is 1.92 bits per heavy atom. The second-order valence-corrected chi connectivity index (χ2v) is 6.70. The van der Waals surface area contributed by atoms with Crippen LogP contribution in [0, 0.1) is 0 Å². The van der Waals surface area contributed by atoms with Crippen LogP contribution in [-0.4, -0.2) is 38.7 Å². The number of hydrogen-bond acceptors (Lipinski definition) is 3. The van der Waals surface area contributed by atoms with Crippen molar-refractivity contribution in [3.63, 3.8) is 0 Å². The lowest BCUT2D eigenvalue weighted by Gasteiger charge is -2.45. The highest BCUT2D eigenvalue weighted by Crippen LogP contribution is 2.45. The number of nitrogens with zero attached hydrogens (tertiary/aromatic N) is 3. The fourth-order valence-corrected chi connectivity index (χ4v) is 4.08. The zero-order chi connectivity index (χ0) is 17.5. The monoisotopic (exact) mass is 329 g/mol. The number of amides is 1. The normalized spacial score (nSPS) is 17.0. The first-order valence-electron chi connectivity index (χ1n) is 8.31. The summed E-state index contributed by atoms with van der Waals surface area (Å²) in [6.45, 7) is 1.54. The number of carboxylic acid groups (broad SMARTS) is 1. The Kier molecular flexibility index (Phi) is 4.07. The van der Waals surface area contributed by atoms with Crippen LogP contribution in [0.5, 0.6) is 0 Å². The Balaban J connectivity index is 2.36. The van der Waals surface area contributed by atoms with Gasteiger partial charge in [0.25, 0.3) is 0 Å². The van der Waals surface area contributed by atoms with Gasteiger partial charge in [-0.15, -0.1) is 0 Å². The average molecular weight is 329 g/mol. The van der Waals surface area contributed by atoms with E-state index in [1.807, 2.05) is 13.2 Å². The second kappa shape index (κ2) is 5.92. The van der Waals surface area contributed by atoms with Gasteiger partial charge in [0, 0.05) is 38.2 Å². The van der Waals surface area contributed by atoms with Gasteiger partial charge >= 0.3 is 5.97 Å². The standard InChI is InChI=1S/C18H23N3O3/c1-12(22)21(3)18(9-5-4-6-10-18)16-13(17(23)24)7-8-15-14(16)11-20(2)19-15/h7-8,11H,4-6,9-10H2,1-3H3,(H,23,24).